The number of halogens is 1. The van der Waals surface area contributed by atoms with E-state index < -0.39 is 5.82 Å². The van der Waals surface area contributed by atoms with Gasteiger partial charge in [0, 0.05) is 30.3 Å². The lowest BCUT2D eigenvalue weighted by molar-refractivity contribution is 0.101. The van der Waals surface area contributed by atoms with E-state index >= 15 is 4.39 Å². The van der Waals surface area contributed by atoms with Crippen LogP contribution in [0.2, 0.25) is 0 Å². The number of fused-ring (bicyclic) bond motifs is 1. The monoisotopic (exact) mass is 524 g/mol. The fourth-order valence-corrected chi connectivity index (χ4v) is 6.93. The van der Waals surface area contributed by atoms with Crippen LogP contribution in [0.3, 0.4) is 0 Å². The Morgan fingerprint density at radius 3 is 2.45 bits per heavy atom. The normalized spacial score (nSPS) is 26.1. The standard InChI is InChI=1S/C30H41FN4O3/c1-4-30(5-2)17-35(18-30)29-33-26(25(38-29)16-34-10-6-7-11-34)28(36)32-22-12-19(3)27(24(31)15-22)37-23-13-20-8-9-21(20)14-23/h12,15,20-21,23H,4-11,13-14,16-18H2,1-3H3,(H,32,36). The van der Waals surface area contributed by atoms with E-state index in [1.54, 1.807) is 6.07 Å². The van der Waals surface area contributed by atoms with Gasteiger partial charge in [0.05, 0.1) is 12.6 Å². The Bertz CT molecular complexity index is 1140. The average Bonchev–Trinajstić information content (AvgIpc) is 3.58. The third-order valence-electron chi connectivity index (χ3n) is 9.77. The number of amides is 1. The Labute approximate surface area is 225 Å². The molecule has 38 heavy (non-hydrogen) atoms. The van der Waals surface area contributed by atoms with E-state index in [0.717, 1.165) is 76.5 Å². The topological polar surface area (TPSA) is 70.8 Å². The summed E-state index contributed by atoms with van der Waals surface area (Å²) in [5, 5.41) is 2.88. The van der Waals surface area contributed by atoms with Gasteiger partial charge >= 0.3 is 0 Å². The van der Waals surface area contributed by atoms with Crippen LogP contribution in [0.4, 0.5) is 16.1 Å². The highest BCUT2D eigenvalue weighted by molar-refractivity contribution is 6.03. The van der Waals surface area contributed by atoms with Crippen molar-refractivity contribution >= 4 is 17.6 Å². The van der Waals surface area contributed by atoms with Gasteiger partial charge < -0.3 is 19.4 Å². The number of oxazole rings is 1. The molecule has 4 fully saturated rings. The number of rotatable bonds is 9. The Balaban J connectivity index is 1.18. The summed E-state index contributed by atoms with van der Waals surface area (Å²) < 4.78 is 27.5. The van der Waals surface area contributed by atoms with Crippen LogP contribution in [0.1, 0.15) is 87.0 Å². The van der Waals surface area contributed by atoms with Crippen molar-refractivity contribution < 1.29 is 18.3 Å². The van der Waals surface area contributed by atoms with Crippen LogP contribution in [0, 0.1) is 30.0 Å². The molecule has 2 atom stereocenters. The number of hydrogen-bond donors (Lipinski definition) is 1. The fraction of sp³-hybridized carbons (Fsp3) is 0.667. The Kier molecular flexibility index (Phi) is 6.87. The number of ether oxygens (including phenoxy) is 1. The van der Waals surface area contributed by atoms with Crippen LogP contribution in [-0.4, -0.2) is 48.1 Å². The highest BCUT2D eigenvalue weighted by atomic mass is 19.1. The van der Waals surface area contributed by atoms with Crippen molar-refractivity contribution in [2.24, 2.45) is 17.3 Å². The zero-order chi connectivity index (χ0) is 26.4. The van der Waals surface area contributed by atoms with E-state index in [2.05, 4.69) is 33.9 Å². The molecular formula is C30H41FN4O3. The predicted octanol–water partition coefficient (Wildman–Crippen LogP) is 6.16. The summed E-state index contributed by atoms with van der Waals surface area (Å²) in [7, 11) is 0. The van der Waals surface area contributed by atoms with Gasteiger partial charge in [-0.2, -0.15) is 4.98 Å². The second-order valence-corrected chi connectivity index (χ2v) is 12.2. The molecule has 6 rings (SSSR count). The first-order valence-electron chi connectivity index (χ1n) is 14.6. The van der Waals surface area contributed by atoms with Crippen LogP contribution >= 0.6 is 0 Å². The number of aromatic nitrogens is 1. The van der Waals surface area contributed by atoms with Crippen LogP contribution in [0.25, 0.3) is 0 Å². The maximum absolute atomic E-state index is 15.2. The molecule has 2 saturated carbocycles. The van der Waals surface area contributed by atoms with Crippen molar-refractivity contribution in [3.8, 4) is 5.75 Å². The molecule has 2 aliphatic carbocycles. The van der Waals surface area contributed by atoms with Crippen LogP contribution in [-0.2, 0) is 6.54 Å². The van der Waals surface area contributed by atoms with Gasteiger partial charge in [-0.05, 0) is 94.8 Å². The number of aryl methyl sites for hydroxylation is 1. The Morgan fingerprint density at radius 2 is 1.84 bits per heavy atom. The molecule has 1 aromatic heterocycles. The average molecular weight is 525 g/mol. The van der Waals surface area contributed by atoms with E-state index in [9.17, 15) is 4.79 Å². The van der Waals surface area contributed by atoms with Gasteiger partial charge in [-0.3, -0.25) is 9.69 Å². The van der Waals surface area contributed by atoms with Crippen molar-refractivity contribution in [1.82, 2.24) is 9.88 Å². The van der Waals surface area contributed by atoms with E-state index in [0.29, 0.717) is 40.7 Å². The molecule has 0 bridgehead atoms. The lowest BCUT2D eigenvalue weighted by atomic mass is 9.75. The molecule has 8 heteroatoms. The minimum absolute atomic E-state index is 0.0866. The molecule has 0 spiro atoms. The van der Waals surface area contributed by atoms with Crippen molar-refractivity contribution in [2.45, 2.75) is 84.8 Å². The molecule has 4 aliphatic rings. The number of hydrogen-bond acceptors (Lipinski definition) is 6. The Morgan fingerprint density at radius 1 is 1.16 bits per heavy atom. The zero-order valence-corrected chi connectivity index (χ0v) is 23.0. The second kappa shape index (κ2) is 10.2. The summed E-state index contributed by atoms with van der Waals surface area (Å²) in [5.74, 6) is 1.58. The van der Waals surface area contributed by atoms with Gasteiger partial charge in [0.25, 0.3) is 11.9 Å². The Hall–Kier alpha value is -2.61. The minimum atomic E-state index is -0.436. The number of nitrogens with one attached hydrogen (secondary N) is 1. The maximum atomic E-state index is 15.2. The molecule has 0 radical (unpaired) electrons. The third kappa shape index (κ3) is 4.80. The first kappa shape index (κ1) is 25.7. The number of anilines is 2. The van der Waals surface area contributed by atoms with E-state index in [4.69, 9.17) is 9.15 Å². The maximum Gasteiger partial charge on any atom is 0.298 e. The SMILES string of the molecule is CCC1(CC)CN(c2nc(C(=O)Nc3cc(C)c(OC4CC5CCC5C4)c(F)c3)c(CN3CCCC3)o2)C1. The zero-order valence-electron chi connectivity index (χ0n) is 23.0. The fourth-order valence-electron chi connectivity index (χ4n) is 6.93. The summed E-state index contributed by atoms with van der Waals surface area (Å²) in [4.78, 5) is 22.5. The largest absolute Gasteiger partial charge is 0.487 e. The quantitative estimate of drug-likeness (QED) is 0.423. The summed E-state index contributed by atoms with van der Waals surface area (Å²) >= 11 is 0. The molecule has 1 N–H and O–H groups in total. The molecule has 2 aliphatic heterocycles. The van der Waals surface area contributed by atoms with Crippen LogP contribution < -0.4 is 15.0 Å². The number of carbonyl (C=O) groups excluding carboxylic acids is 1. The van der Waals surface area contributed by atoms with E-state index in [1.165, 1.54) is 18.9 Å². The molecule has 206 valence electrons. The summed E-state index contributed by atoms with van der Waals surface area (Å²) in [6.45, 7) is 10.6. The van der Waals surface area contributed by atoms with Crippen molar-refractivity contribution in [1.29, 1.82) is 0 Å². The first-order chi connectivity index (χ1) is 18.4. The van der Waals surface area contributed by atoms with Gasteiger partial charge in [-0.1, -0.05) is 13.8 Å². The number of benzene rings is 1. The highest BCUT2D eigenvalue weighted by Gasteiger charge is 2.43. The lowest BCUT2D eigenvalue weighted by Crippen LogP contribution is -2.56. The van der Waals surface area contributed by atoms with Crippen molar-refractivity contribution in [3.05, 3.63) is 35.0 Å². The third-order valence-corrected chi connectivity index (χ3v) is 9.77. The summed E-state index contributed by atoms with van der Waals surface area (Å²) in [6.07, 6.45) is 9.20. The molecule has 1 amide bonds. The van der Waals surface area contributed by atoms with E-state index in [1.807, 2.05) is 6.92 Å². The molecule has 2 aromatic rings. The smallest absolute Gasteiger partial charge is 0.298 e. The van der Waals surface area contributed by atoms with Crippen molar-refractivity contribution in [3.63, 3.8) is 0 Å². The van der Waals surface area contributed by atoms with Gasteiger partial charge in [0.2, 0.25) is 0 Å². The summed E-state index contributed by atoms with van der Waals surface area (Å²) in [5.41, 5.74) is 1.68. The number of nitrogens with zero attached hydrogens (tertiary/aromatic N) is 3. The van der Waals surface area contributed by atoms with E-state index in [-0.39, 0.29) is 17.7 Å². The van der Waals surface area contributed by atoms with Gasteiger partial charge in [-0.25, -0.2) is 4.39 Å². The molecular weight excluding hydrogens is 483 g/mol. The molecule has 2 saturated heterocycles. The van der Waals surface area contributed by atoms with Gasteiger partial charge in [0.15, 0.2) is 23.0 Å². The molecule has 2 unspecified atom stereocenters. The minimum Gasteiger partial charge on any atom is -0.487 e. The van der Waals surface area contributed by atoms with Gasteiger partial charge in [-0.15, -0.1) is 0 Å². The predicted molar refractivity (Wildman–Crippen MR) is 145 cm³/mol. The van der Waals surface area contributed by atoms with Crippen LogP contribution in [0.5, 0.6) is 5.75 Å². The number of likely N-dealkylation sites (tertiary alicyclic amines) is 1. The number of carbonyl (C=O) groups is 1. The molecule has 3 heterocycles. The molecule has 1 aromatic carbocycles. The van der Waals surface area contributed by atoms with Gasteiger partial charge in [0.1, 0.15) is 0 Å². The summed E-state index contributed by atoms with van der Waals surface area (Å²) in [6, 6.07) is 3.66. The highest BCUT2D eigenvalue weighted by Crippen LogP contribution is 2.48. The van der Waals surface area contributed by atoms with Crippen LogP contribution in [0.15, 0.2) is 16.5 Å². The lowest BCUT2D eigenvalue weighted by Gasteiger charge is -2.49. The molecule has 7 nitrogen and oxygen atoms in total. The first-order valence-corrected chi connectivity index (χ1v) is 14.6. The second-order valence-electron chi connectivity index (χ2n) is 12.2. The van der Waals surface area contributed by atoms with Crippen molar-refractivity contribution in [2.75, 3.05) is 36.4 Å².